The van der Waals surface area contributed by atoms with Crippen LogP contribution in [-0.4, -0.2) is 45.2 Å². The van der Waals surface area contributed by atoms with Crippen LogP contribution < -0.4 is 9.47 Å². The van der Waals surface area contributed by atoms with Crippen molar-refractivity contribution in [3.63, 3.8) is 0 Å². The largest absolute Gasteiger partial charge is 0.497 e. The van der Waals surface area contributed by atoms with Gasteiger partial charge in [0.15, 0.2) is 17.5 Å². The molecule has 0 saturated carbocycles. The van der Waals surface area contributed by atoms with E-state index < -0.39 is 23.4 Å². The molecule has 5 rings (SSSR count). The monoisotopic (exact) mass is 570 g/mol. The van der Waals surface area contributed by atoms with E-state index in [1.54, 1.807) is 18.3 Å². The van der Waals surface area contributed by atoms with Gasteiger partial charge >= 0.3 is 6.18 Å². The molecule has 3 aromatic rings. The first-order valence-electron chi connectivity index (χ1n) is 12.4. The summed E-state index contributed by atoms with van der Waals surface area (Å²) in [6, 6.07) is 12.2. The fourth-order valence-corrected chi connectivity index (χ4v) is 4.29. The smallest absolute Gasteiger partial charge is 0.417 e. The molecule has 2 heterocycles. The van der Waals surface area contributed by atoms with Crippen molar-refractivity contribution >= 4 is 0 Å². The molecule has 2 aliphatic rings. The van der Waals surface area contributed by atoms with Crippen molar-refractivity contribution in [2.75, 3.05) is 20.3 Å². The first kappa shape index (κ1) is 28.0. The normalized spacial score (nSPS) is 11.7. The number of rotatable bonds is 9. The Morgan fingerprint density at radius 1 is 0.951 bits per heavy atom. The summed E-state index contributed by atoms with van der Waals surface area (Å²) >= 11 is 0. The zero-order chi connectivity index (χ0) is 29.1. The predicted molar refractivity (Wildman–Crippen MR) is 140 cm³/mol. The number of hydrogen-bond donors (Lipinski definition) is 1. The van der Waals surface area contributed by atoms with Crippen molar-refractivity contribution in [3.05, 3.63) is 89.8 Å². The van der Waals surface area contributed by atoms with Crippen molar-refractivity contribution in [1.82, 2.24) is 19.7 Å². The average Bonchev–Trinajstić information content (AvgIpc) is 3.38. The van der Waals surface area contributed by atoms with Crippen LogP contribution in [0.15, 0.2) is 67.0 Å². The molecular weight excluding hydrogens is 547 g/mol. The molecule has 0 aromatic heterocycles. The zero-order valence-electron chi connectivity index (χ0n) is 21.6. The van der Waals surface area contributed by atoms with Gasteiger partial charge in [-0.2, -0.15) is 18.3 Å². The number of nitrogens with zero attached hydrogens (tertiary/aromatic N) is 4. The predicted octanol–water partition coefficient (Wildman–Crippen LogP) is 6.23. The number of ether oxygens (including phenoxy) is 2. The Labute approximate surface area is 231 Å². The summed E-state index contributed by atoms with van der Waals surface area (Å²) in [5.41, 5.74) is 0.641. The van der Waals surface area contributed by atoms with Crippen LogP contribution in [0, 0.1) is 11.6 Å². The topological polar surface area (TPSA) is 82.3 Å². The number of methoxy groups -OCH3 is 1. The Balaban J connectivity index is 1.50. The molecule has 2 aliphatic heterocycles. The first-order chi connectivity index (χ1) is 19.7. The van der Waals surface area contributed by atoms with Crippen molar-refractivity contribution in [1.29, 1.82) is 0 Å². The van der Waals surface area contributed by atoms with Gasteiger partial charge in [-0.25, -0.2) is 18.7 Å². The van der Waals surface area contributed by atoms with Gasteiger partial charge in [0.1, 0.15) is 22.9 Å². The van der Waals surface area contributed by atoms with Gasteiger partial charge in [0.25, 0.3) is 0 Å². The fraction of sp³-hybridized carbons (Fsp3) is 0.207. The highest BCUT2D eigenvalue weighted by Gasteiger charge is 2.34. The van der Waals surface area contributed by atoms with Gasteiger partial charge in [0.05, 0.1) is 43.8 Å². The van der Waals surface area contributed by atoms with E-state index in [1.807, 2.05) is 0 Å². The third kappa shape index (κ3) is 5.97. The van der Waals surface area contributed by atoms with Crippen LogP contribution in [0.25, 0.3) is 33.9 Å². The number of aromatic nitrogens is 4. The third-order valence-electron chi connectivity index (χ3n) is 6.31. The number of halogens is 5. The molecule has 1 N–H and O–H groups in total. The molecule has 0 saturated heterocycles. The lowest BCUT2D eigenvalue weighted by Crippen LogP contribution is -2.10. The van der Waals surface area contributed by atoms with E-state index in [9.17, 15) is 27.1 Å². The Morgan fingerprint density at radius 3 is 2.51 bits per heavy atom. The maximum Gasteiger partial charge on any atom is 0.417 e. The number of aliphatic hydroxyl groups excluding tert-OH is 1. The van der Waals surface area contributed by atoms with E-state index in [0.717, 1.165) is 12.1 Å². The highest BCUT2D eigenvalue weighted by molar-refractivity contribution is 5.71. The molecule has 0 fully saturated rings. The molecule has 0 unspecified atom stereocenters. The minimum Gasteiger partial charge on any atom is -0.497 e. The van der Waals surface area contributed by atoms with Gasteiger partial charge in [0.2, 0.25) is 0 Å². The fourth-order valence-electron chi connectivity index (χ4n) is 4.29. The van der Waals surface area contributed by atoms with Crippen LogP contribution in [0.2, 0.25) is 0 Å². The van der Waals surface area contributed by atoms with Crippen LogP contribution in [-0.2, 0) is 12.7 Å². The number of fused-ring (bicyclic) bond motifs is 1. The maximum atomic E-state index is 14.3. The molecule has 212 valence electrons. The second kappa shape index (κ2) is 11.5. The Bertz CT molecular complexity index is 1650. The SMILES string of the molecule is COc1ccc(-c2ccc(Cn3cc4nc(-c5cccc(F)c5F)nc-4cn3)c(OCCCO)c2)c(C(F)(F)F)c1. The highest BCUT2D eigenvalue weighted by Crippen LogP contribution is 2.40. The lowest BCUT2D eigenvalue weighted by molar-refractivity contribution is -0.137. The van der Waals surface area contributed by atoms with Gasteiger partial charge in [-0.05, 0) is 41.5 Å². The lowest BCUT2D eigenvalue weighted by Gasteiger charge is -2.17. The molecule has 0 atom stereocenters. The average molecular weight is 571 g/mol. The van der Waals surface area contributed by atoms with Crippen LogP contribution in [0.3, 0.4) is 0 Å². The number of aliphatic hydroxyl groups is 1. The van der Waals surface area contributed by atoms with Crippen molar-refractivity contribution in [3.8, 4) is 45.4 Å². The Morgan fingerprint density at radius 2 is 1.76 bits per heavy atom. The number of benzene rings is 3. The van der Waals surface area contributed by atoms with E-state index in [2.05, 4.69) is 15.1 Å². The Kier molecular flexibility index (Phi) is 7.84. The molecule has 7 nitrogen and oxygen atoms in total. The summed E-state index contributed by atoms with van der Waals surface area (Å²) in [5, 5.41) is 13.5. The summed E-state index contributed by atoms with van der Waals surface area (Å²) in [5.74, 6) is -1.68. The van der Waals surface area contributed by atoms with Crippen LogP contribution in [0.5, 0.6) is 11.5 Å². The lowest BCUT2D eigenvalue weighted by atomic mass is 9.97. The maximum absolute atomic E-state index is 14.3. The molecule has 0 aliphatic carbocycles. The summed E-state index contributed by atoms with van der Waals surface area (Å²) in [6.07, 6.45) is -1.31. The van der Waals surface area contributed by atoms with Gasteiger partial charge in [0, 0.05) is 18.6 Å². The summed E-state index contributed by atoms with van der Waals surface area (Å²) in [6.45, 7) is 0.161. The van der Waals surface area contributed by atoms with Gasteiger partial charge in [-0.1, -0.05) is 24.3 Å². The molecule has 3 aromatic carbocycles. The molecule has 0 bridgehead atoms. The van der Waals surface area contributed by atoms with Crippen molar-refractivity contribution in [2.45, 2.75) is 19.1 Å². The van der Waals surface area contributed by atoms with Crippen LogP contribution >= 0.6 is 0 Å². The summed E-state index contributed by atoms with van der Waals surface area (Å²) in [7, 11) is 1.29. The first-order valence-corrected chi connectivity index (χ1v) is 12.4. The quantitative estimate of drug-likeness (QED) is 0.167. The van der Waals surface area contributed by atoms with Gasteiger partial charge in [-0.3, -0.25) is 4.68 Å². The van der Waals surface area contributed by atoms with E-state index in [1.165, 1.54) is 48.3 Å². The van der Waals surface area contributed by atoms with Crippen LogP contribution in [0.1, 0.15) is 17.5 Å². The summed E-state index contributed by atoms with van der Waals surface area (Å²) in [4.78, 5) is 8.56. The number of alkyl halides is 3. The molecule has 0 amide bonds. The standard InChI is InChI=1S/C29H23F5N4O3/c1-40-19-8-9-20(22(13-19)29(32,33)34)17-6-7-18(26(12-17)41-11-3-10-39)15-38-16-25-24(14-35-38)36-28(37-25)21-4-2-5-23(30)27(21)31/h2,4-9,12-14,16,39H,3,10-11,15H2,1H3. The summed E-state index contributed by atoms with van der Waals surface area (Å²) < 4.78 is 81.9. The third-order valence-corrected chi connectivity index (χ3v) is 6.31. The van der Waals surface area contributed by atoms with E-state index in [-0.39, 0.29) is 48.0 Å². The molecule has 0 radical (unpaired) electrons. The number of imidazole rings is 1. The molecular formula is C29H23F5N4O3. The zero-order valence-corrected chi connectivity index (χ0v) is 21.6. The van der Waals surface area contributed by atoms with Gasteiger partial charge in [-0.15, -0.1) is 0 Å². The van der Waals surface area contributed by atoms with E-state index in [0.29, 0.717) is 29.1 Å². The second-order valence-corrected chi connectivity index (χ2v) is 9.05. The highest BCUT2D eigenvalue weighted by atomic mass is 19.4. The van der Waals surface area contributed by atoms with Gasteiger partial charge < -0.3 is 14.6 Å². The van der Waals surface area contributed by atoms with Crippen molar-refractivity contribution in [2.24, 2.45) is 0 Å². The Hall–Kier alpha value is -4.58. The minimum atomic E-state index is -4.62. The molecule has 12 heteroatoms. The molecule has 41 heavy (non-hydrogen) atoms. The second-order valence-electron chi connectivity index (χ2n) is 9.05. The van der Waals surface area contributed by atoms with E-state index >= 15 is 0 Å². The molecule has 0 spiro atoms. The van der Waals surface area contributed by atoms with Crippen LogP contribution in [0.4, 0.5) is 22.0 Å². The van der Waals surface area contributed by atoms with E-state index in [4.69, 9.17) is 9.47 Å². The number of hydrogen-bond acceptors (Lipinski definition) is 6. The minimum absolute atomic E-state index is 0.00823. The van der Waals surface area contributed by atoms with Crippen molar-refractivity contribution < 1.29 is 36.5 Å².